The number of para-hydroxylation sites is 1. The Morgan fingerprint density at radius 2 is 2.17 bits per heavy atom. The van der Waals surface area contributed by atoms with Gasteiger partial charge in [-0.2, -0.15) is 0 Å². The molecule has 1 N–H and O–H groups in total. The summed E-state index contributed by atoms with van der Waals surface area (Å²) in [6.07, 6.45) is 3.55. The van der Waals surface area contributed by atoms with Gasteiger partial charge in [0.25, 0.3) is 0 Å². The molecule has 1 unspecified atom stereocenters. The van der Waals surface area contributed by atoms with Crippen LogP contribution < -0.4 is 5.32 Å². The van der Waals surface area contributed by atoms with Crippen molar-refractivity contribution in [2.24, 2.45) is 0 Å². The number of fused-ring (bicyclic) bond motifs is 1. The van der Waals surface area contributed by atoms with Gasteiger partial charge in [0.2, 0.25) is 4.73 Å². The number of imidazole rings is 1. The Labute approximate surface area is 139 Å². The molecule has 2 aromatic heterocycles. The minimum Gasteiger partial charge on any atom is -0.358 e. The van der Waals surface area contributed by atoms with Crippen LogP contribution in [0.2, 0.25) is 0 Å². The molecule has 0 amide bonds. The van der Waals surface area contributed by atoms with Crippen LogP contribution in [0.5, 0.6) is 0 Å². The SMILES string of the molecule is Fc1ccccc1Nc1nc(Br)nc2c1ncn2C1CCCO1. The van der Waals surface area contributed by atoms with Crippen molar-refractivity contribution >= 4 is 38.6 Å². The van der Waals surface area contributed by atoms with Crippen LogP contribution in [0.15, 0.2) is 35.3 Å². The molecule has 1 atom stereocenters. The van der Waals surface area contributed by atoms with E-state index in [2.05, 4.69) is 36.2 Å². The topological polar surface area (TPSA) is 64.9 Å². The molecular formula is C15H13BrFN5O. The fraction of sp³-hybridized carbons (Fsp3) is 0.267. The fourth-order valence-electron chi connectivity index (χ4n) is 2.66. The van der Waals surface area contributed by atoms with Gasteiger partial charge in [0.15, 0.2) is 17.0 Å². The average Bonchev–Trinajstić information content (AvgIpc) is 3.18. The van der Waals surface area contributed by atoms with Gasteiger partial charge in [-0.05, 0) is 40.9 Å². The highest BCUT2D eigenvalue weighted by molar-refractivity contribution is 9.10. The van der Waals surface area contributed by atoms with E-state index in [4.69, 9.17) is 4.74 Å². The number of aromatic nitrogens is 4. The minimum atomic E-state index is -0.353. The van der Waals surface area contributed by atoms with Gasteiger partial charge < -0.3 is 10.1 Å². The molecule has 8 heteroatoms. The minimum absolute atomic E-state index is 0.0666. The second kappa shape index (κ2) is 5.86. The molecule has 118 valence electrons. The number of hydrogen-bond donors (Lipinski definition) is 1. The van der Waals surface area contributed by atoms with Crippen LogP contribution in [0, 0.1) is 5.82 Å². The second-order valence-electron chi connectivity index (χ2n) is 5.24. The standard InChI is InChI=1S/C15H13BrFN5O/c16-15-20-13(19-10-5-2-1-4-9(10)17)12-14(21-15)22(8-18-12)11-6-3-7-23-11/h1-2,4-5,8,11H,3,6-7H2,(H,19,20,21). The third-order valence-corrected chi connectivity index (χ3v) is 4.09. The Hall–Kier alpha value is -2.06. The van der Waals surface area contributed by atoms with Crippen molar-refractivity contribution in [3.8, 4) is 0 Å². The van der Waals surface area contributed by atoms with E-state index in [9.17, 15) is 4.39 Å². The summed E-state index contributed by atoms with van der Waals surface area (Å²) in [4.78, 5) is 13.1. The number of nitrogens with one attached hydrogen (secondary N) is 1. The van der Waals surface area contributed by atoms with E-state index in [1.165, 1.54) is 6.07 Å². The molecule has 1 aliphatic rings. The summed E-state index contributed by atoms with van der Waals surface area (Å²) >= 11 is 3.30. The highest BCUT2D eigenvalue weighted by Crippen LogP contribution is 2.30. The number of nitrogens with zero attached hydrogens (tertiary/aromatic N) is 4. The number of rotatable bonds is 3. The number of ether oxygens (including phenoxy) is 1. The van der Waals surface area contributed by atoms with Crippen molar-refractivity contribution in [3.05, 3.63) is 41.1 Å². The number of hydrogen-bond acceptors (Lipinski definition) is 5. The summed E-state index contributed by atoms with van der Waals surface area (Å²) in [6, 6.07) is 6.43. The molecule has 0 bridgehead atoms. The summed E-state index contributed by atoms with van der Waals surface area (Å²) in [5.41, 5.74) is 1.57. The van der Waals surface area contributed by atoms with Crippen molar-refractivity contribution in [1.29, 1.82) is 0 Å². The van der Waals surface area contributed by atoms with Crippen LogP contribution in [0.4, 0.5) is 15.9 Å². The van der Waals surface area contributed by atoms with Gasteiger partial charge in [0.1, 0.15) is 12.0 Å². The second-order valence-corrected chi connectivity index (χ2v) is 5.95. The predicted octanol–water partition coefficient (Wildman–Crippen LogP) is 3.78. The molecule has 1 saturated heterocycles. The Morgan fingerprint density at radius 1 is 1.30 bits per heavy atom. The molecule has 6 nitrogen and oxygen atoms in total. The molecule has 3 heterocycles. The summed E-state index contributed by atoms with van der Waals surface area (Å²) < 4.78 is 21.8. The maximum atomic E-state index is 13.9. The lowest BCUT2D eigenvalue weighted by Gasteiger charge is -2.12. The molecule has 0 saturated carbocycles. The Kier molecular flexibility index (Phi) is 3.70. The lowest BCUT2D eigenvalue weighted by atomic mass is 10.3. The van der Waals surface area contributed by atoms with Gasteiger partial charge in [-0.25, -0.2) is 19.3 Å². The molecule has 3 aromatic rings. The summed E-state index contributed by atoms with van der Waals surface area (Å²) in [5.74, 6) is 0.0951. The van der Waals surface area contributed by atoms with E-state index < -0.39 is 0 Å². The van der Waals surface area contributed by atoms with Crippen LogP contribution in [0.3, 0.4) is 0 Å². The normalized spacial score (nSPS) is 17.7. The first-order chi connectivity index (χ1) is 11.2. The van der Waals surface area contributed by atoms with E-state index in [0.29, 0.717) is 27.4 Å². The summed E-state index contributed by atoms with van der Waals surface area (Å²) in [6.45, 7) is 0.733. The van der Waals surface area contributed by atoms with E-state index in [1.54, 1.807) is 24.5 Å². The van der Waals surface area contributed by atoms with Gasteiger partial charge in [0.05, 0.1) is 12.0 Å². The third-order valence-electron chi connectivity index (χ3n) is 3.74. The van der Waals surface area contributed by atoms with E-state index in [0.717, 1.165) is 19.4 Å². The smallest absolute Gasteiger partial charge is 0.200 e. The first kappa shape index (κ1) is 14.5. The largest absolute Gasteiger partial charge is 0.358 e. The molecule has 1 aromatic carbocycles. The maximum Gasteiger partial charge on any atom is 0.200 e. The molecule has 0 spiro atoms. The highest BCUT2D eigenvalue weighted by Gasteiger charge is 2.22. The predicted molar refractivity (Wildman–Crippen MR) is 86.9 cm³/mol. The molecule has 0 radical (unpaired) electrons. The van der Waals surface area contributed by atoms with Crippen molar-refractivity contribution in [3.63, 3.8) is 0 Å². The van der Waals surface area contributed by atoms with Gasteiger partial charge in [0, 0.05) is 6.61 Å². The van der Waals surface area contributed by atoms with Crippen LogP contribution >= 0.6 is 15.9 Å². The lowest BCUT2D eigenvalue weighted by Crippen LogP contribution is -2.07. The zero-order valence-corrected chi connectivity index (χ0v) is 13.6. The molecular weight excluding hydrogens is 365 g/mol. The van der Waals surface area contributed by atoms with E-state index in [-0.39, 0.29) is 12.0 Å². The number of halogens is 2. The molecule has 0 aliphatic carbocycles. The Morgan fingerprint density at radius 3 is 2.96 bits per heavy atom. The van der Waals surface area contributed by atoms with Crippen molar-refractivity contribution < 1.29 is 9.13 Å². The van der Waals surface area contributed by atoms with Crippen molar-refractivity contribution in [1.82, 2.24) is 19.5 Å². The van der Waals surface area contributed by atoms with Crippen LogP contribution in [-0.4, -0.2) is 26.1 Å². The van der Waals surface area contributed by atoms with Crippen molar-refractivity contribution in [2.75, 3.05) is 11.9 Å². The summed E-state index contributed by atoms with van der Waals surface area (Å²) in [5, 5.41) is 2.99. The van der Waals surface area contributed by atoms with Crippen LogP contribution in [0.1, 0.15) is 19.1 Å². The molecule has 4 rings (SSSR count). The van der Waals surface area contributed by atoms with Gasteiger partial charge >= 0.3 is 0 Å². The Bertz CT molecular complexity index is 862. The van der Waals surface area contributed by atoms with Crippen LogP contribution in [-0.2, 0) is 4.74 Å². The third kappa shape index (κ3) is 2.68. The fourth-order valence-corrected chi connectivity index (χ4v) is 3.00. The van der Waals surface area contributed by atoms with Gasteiger partial charge in [-0.1, -0.05) is 12.1 Å². The number of benzene rings is 1. The maximum absolute atomic E-state index is 13.9. The number of anilines is 2. The van der Waals surface area contributed by atoms with Gasteiger partial charge in [-0.15, -0.1) is 0 Å². The van der Waals surface area contributed by atoms with Crippen LogP contribution in [0.25, 0.3) is 11.2 Å². The Balaban J connectivity index is 1.79. The average molecular weight is 378 g/mol. The summed E-state index contributed by atoms with van der Waals surface area (Å²) in [7, 11) is 0. The van der Waals surface area contributed by atoms with Gasteiger partial charge in [-0.3, -0.25) is 4.57 Å². The first-order valence-electron chi connectivity index (χ1n) is 7.25. The van der Waals surface area contributed by atoms with E-state index in [1.807, 2.05) is 4.57 Å². The molecule has 1 fully saturated rings. The van der Waals surface area contributed by atoms with E-state index >= 15 is 0 Å². The quantitative estimate of drug-likeness (QED) is 0.703. The zero-order valence-electron chi connectivity index (χ0n) is 12.0. The first-order valence-corrected chi connectivity index (χ1v) is 8.05. The molecule has 1 aliphatic heterocycles. The lowest BCUT2D eigenvalue weighted by molar-refractivity contribution is 0.0592. The highest BCUT2D eigenvalue weighted by atomic mass is 79.9. The van der Waals surface area contributed by atoms with Crippen molar-refractivity contribution in [2.45, 2.75) is 19.1 Å². The molecule has 23 heavy (non-hydrogen) atoms. The monoisotopic (exact) mass is 377 g/mol. The zero-order chi connectivity index (χ0) is 15.8.